The van der Waals surface area contributed by atoms with Gasteiger partial charge in [-0.2, -0.15) is 0 Å². The quantitative estimate of drug-likeness (QED) is 0.526. The zero-order valence-corrected chi connectivity index (χ0v) is 18.3. The smallest absolute Gasteiger partial charge is 0.255 e. The molecule has 0 saturated heterocycles. The SMILES string of the molecule is CCN(CC=CC#CC(C)(C)C)C(=O)c1c(Cl)cccc1[Si](C)(C)C. The summed E-state index contributed by atoms with van der Waals surface area (Å²) in [6, 6.07) is 5.78. The van der Waals surface area contributed by atoms with Gasteiger partial charge in [0.05, 0.1) is 18.7 Å². The third-order valence-electron chi connectivity index (χ3n) is 3.68. The zero-order chi connectivity index (χ0) is 19.3. The third-order valence-corrected chi connectivity index (χ3v) is 6.03. The first kappa shape index (κ1) is 21.5. The van der Waals surface area contributed by atoms with Crippen molar-refractivity contribution in [2.45, 2.75) is 47.3 Å². The molecule has 0 saturated carbocycles. The largest absolute Gasteiger partial charge is 0.335 e. The lowest BCUT2D eigenvalue weighted by atomic mass is 9.98. The maximum absolute atomic E-state index is 13.1. The second-order valence-electron chi connectivity index (χ2n) is 8.18. The molecule has 0 unspecified atom stereocenters. The van der Waals surface area contributed by atoms with Crippen LogP contribution in [0.25, 0.3) is 0 Å². The number of hydrogen-bond acceptors (Lipinski definition) is 1. The summed E-state index contributed by atoms with van der Waals surface area (Å²) in [6.45, 7) is 16.1. The van der Waals surface area contributed by atoms with Crippen molar-refractivity contribution in [1.29, 1.82) is 0 Å². The second kappa shape index (κ2) is 8.74. The Kier molecular flexibility index (Phi) is 7.53. The van der Waals surface area contributed by atoms with Crippen LogP contribution in [0.3, 0.4) is 0 Å². The molecule has 136 valence electrons. The number of amides is 1. The maximum atomic E-state index is 13.1. The summed E-state index contributed by atoms with van der Waals surface area (Å²) in [4.78, 5) is 14.9. The summed E-state index contributed by atoms with van der Waals surface area (Å²) >= 11 is 6.40. The van der Waals surface area contributed by atoms with Crippen molar-refractivity contribution in [1.82, 2.24) is 4.90 Å². The van der Waals surface area contributed by atoms with Crippen molar-refractivity contribution in [3.63, 3.8) is 0 Å². The highest BCUT2D eigenvalue weighted by Crippen LogP contribution is 2.19. The van der Waals surface area contributed by atoms with Gasteiger partial charge in [0.2, 0.25) is 0 Å². The Balaban J connectivity index is 3.04. The van der Waals surface area contributed by atoms with E-state index in [0.29, 0.717) is 23.7 Å². The van der Waals surface area contributed by atoms with E-state index < -0.39 is 8.07 Å². The summed E-state index contributed by atoms with van der Waals surface area (Å²) in [5.74, 6) is 6.20. The summed E-state index contributed by atoms with van der Waals surface area (Å²) < 4.78 is 0. The van der Waals surface area contributed by atoms with Crippen LogP contribution in [0.5, 0.6) is 0 Å². The minimum absolute atomic E-state index is 0.000967. The van der Waals surface area contributed by atoms with Crippen molar-refractivity contribution < 1.29 is 4.79 Å². The highest BCUT2D eigenvalue weighted by Gasteiger charge is 2.27. The van der Waals surface area contributed by atoms with Gasteiger partial charge in [-0.1, -0.05) is 61.3 Å². The van der Waals surface area contributed by atoms with Gasteiger partial charge in [0, 0.05) is 18.5 Å². The summed E-state index contributed by atoms with van der Waals surface area (Å²) in [6.07, 6.45) is 3.76. The number of benzene rings is 1. The van der Waals surface area contributed by atoms with E-state index in [0.717, 1.165) is 5.19 Å². The molecule has 1 amide bonds. The van der Waals surface area contributed by atoms with Gasteiger partial charge in [-0.25, -0.2) is 0 Å². The Morgan fingerprint density at radius 1 is 1.28 bits per heavy atom. The minimum Gasteiger partial charge on any atom is -0.335 e. The van der Waals surface area contributed by atoms with Crippen LogP contribution in [-0.4, -0.2) is 32.0 Å². The van der Waals surface area contributed by atoms with E-state index in [4.69, 9.17) is 11.6 Å². The molecule has 0 N–H and O–H groups in total. The fraction of sp³-hybridized carbons (Fsp3) is 0.476. The van der Waals surface area contributed by atoms with Gasteiger partial charge in [-0.15, -0.1) is 0 Å². The predicted octanol–water partition coefficient (Wildman–Crippen LogP) is 4.95. The molecule has 0 aliphatic rings. The molecule has 0 aromatic heterocycles. The lowest BCUT2D eigenvalue weighted by Gasteiger charge is -2.25. The van der Waals surface area contributed by atoms with Crippen molar-refractivity contribution in [2.75, 3.05) is 13.1 Å². The van der Waals surface area contributed by atoms with E-state index in [9.17, 15) is 4.79 Å². The Morgan fingerprint density at radius 2 is 1.92 bits per heavy atom. The molecule has 0 spiro atoms. The average molecular weight is 376 g/mol. The van der Waals surface area contributed by atoms with Crippen LogP contribution < -0.4 is 5.19 Å². The Morgan fingerprint density at radius 3 is 2.44 bits per heavy atom. The van der Waals surface area contributed by atoms with Crippen molar-refractivity contribution in [3.05, 3.63) is 40.9 Å². The highest BCUT2D eigenvalue weighted by atomic mass is 35.5. The lowest BCUT2D eigenvalue weighted by Crippen LogP contribution is -2.44. The number of nitrogens with zero attached hydrogens (tertiary/aromatic N) is 1. The molecule has 0 bridgehead atoms. The standard InChI is InChI=1S/C21H30ClNOSi/c1-8-23(16-11-9-10-15-21(2,3)4)20(24)19-17(22)13-12-14-18(19)25(5,6)7/h9,11-14H,8,16H2,1-7H3. The summed E-state index contributed by atoms with van der Waals surface area (Å²) in [7, 11) is -1.67. The van der Waals surface area contributed by atoms with E-state index in [1.54, 1.807) is 11.0 Å². The minimum atomic E-state index is -1.67. The first-order valence-corrected chi connectivity index (χ1v) is 12.6. The highest BCUT2D eigenvalue weighted by molar-refractivity contribution is 6.89. The Labute approximate surface area is 159 Å². The van der Waals surface area contributed by atoms with Gasteiger partial charge in [0.25, 0.3) is 5.91 Å². The summed E-state index contributed by atoms with van der Waals surface area (Å²) in [5, 5.41) is 1.65. The molecular formula is C21H30ClNOSi. The number of allylic oxidation sites excluding steroid dienone is 1. The van der Waals surface area contributed by atoms with Crippen LogP contribution in [0.4, 0.5) is 0 Å². The molecule has 25 heavy (non-hydrogen) atoms. The van der Waals surface area contributed by atoms with E-state index in [-0.39, 0.29) is 11.3 Å². The van der Waals surface area contributed by atoms with E-state index in [1.807, 2.05) is 31.2 Å². The van der Waals surface area contributed by atoms with Crippen LogP contribution in [0.15, 0.2) is 30.4 Å². The van der Waals surface area contributed by atoms with E-state index >= 15 is 0 Å². The van der Waals surface area contributed by atoms with Gasteiger partial charge < -0.3 is 4.90 Å². The monoisotopic (exact) mass is 375 g/mol. The van der Waals surface area contributed by atoms with Crippen LogP contribution in [0.2, 0.25) is 24.7 Å². The third kappa shape index (κ3) is 6.72. The zero-order valence-electron chi connectivity index (χ0n) is 16.5. The molecular weight excluding hydrogens is 346 g/mol. The normalized spacial score (nSPS) is 12.0. The molecule has 4 heteroatoms. The van der Waals surface area contributed by atoms with Gasteiger partial charge in [-0.3, -0.25) is 4.79 Å². The predicted molar refractivity (Wildman–Crippen MR) is 112 cm³/mol. The van der Waals surface area contributed by atoms with E-state index in [2.05, 4.69) is 52.3 Å². The molecule has 2 nitrogen and oxygen atoms in total. The molecule has 0 atom stereocenters. The fourth-order valence-corrected chi connectivity index (χ4v) is 4.30. The maximum Gasteiger partial charge on any atom is 0.255 e. The van der Waals surface area contributed by atoms with Crippen LogP contribution in [0.1, 0.15) is 38.1 Å². The molecule has 0 radical (unpaired) electrons. The molecule has 0 aliphatic heterocycles. The van der Waals surface area contributed by atoms with E-state index in [1.165, 1.54) is 0 Å². The summed E-state index contributed by atoms with van der Waals surface area (Å²) in [5.41, 5.74) is 0.647. The molecule has 0 heterocycles. The van der Waals surface area contributed by atoms with Gasteiger partial charge in [-0.05, 0) is 45.0 Å². The van der Waals surface area contributed by atoms with Crippen molar-refractivity contribution >= 4 is 30.8 Å². The number of likely N-dealkylation sites (N-methyl/N-ethyl adjacent to an activating group) is 1. The van der Waals surface area contributed by atoms with Gasteiger partial charge in [0.15, 0.2) is 0 Å². The van der Waals surface area contributed by atoms with Gasteiger partial charge >= 0.3 is 0 Å². The first-order valence-electron chi connectivity index (χ1n) is 8.73. The number of rotatable bonds is 5. The van der Waals surface area contributed by atoms with Gasteiger partial charge in [0.1, 0.15) is 0 Å². The topological polar surface area (TPSA) is 20.3 Å². The molecule has 0 fully saturated rings. The number of halogens is 1. The number of carbonyl (C=O) groups is 1. The van der Waals surface area contributed by atoms with Crippen molar-refractivity contribution in [2.24, 2.45) is 5.41 Å². The van der Waals surface area contributed by atoms with Crippen molar-refractivity contribution in [3.8, 4) is 11.8 Å². The second-order valence-corrected chi connectivity index (χ2v) is 13.6. The lowest BCUT2D eigenvalue weighted by molar-refractivity contribution is 0.0783. The number of hydrogen-bond donors (Lipinski definition) is 0. The first-order chi connectivity index (χ1) is 11.5. The Hall–Kier alpha value is -1.50. The Bertz CT molecular complexity index is 699. The average Bonchev–Trinajstić information content (AvgIpc) is 2.48. The fourth-order valence-electron chi connectivity index (χ4n) is 2.38. The number of carbonyl (C=O) groups excluding carboxylic acids is 1. The molecule has 1 rings (SSSR count). The molecule has 1 aromatic rings. The van der Waals surface area contributed by atoms with Crippen LogP contribution in [0, 0.1) is 17.3 Å². The molecule has 0 aliphatic carbocycles. The van der Waals surface area contributed by atoms with Crippen LogP contribution in [-0.2, 0) is 0 Å². The molecule has 1 aromatic carbocycles. The van der Waals surface area contributed by atoms with Crippen LogP contribution >= 0.6 is 11.6 Å².